The van der Waals surface area contributed by atoms with Crippen molar-refractivity contribution in [1.29, 1.82) is 0 Å². The quantitative estimate of drug-likeness (QED) is 0.626. The molecule has 2 aromatic heterocycles. The third-order valence-corrected chi connectivity index (χ3v) is 8.48. The van der Waals surface area contributed by atoms with Gasteiger partial charge in [0.15, 0.2) is 0 Å². The number of hydrogen-bond donors (Lipinski definition) is 2. The Hall–Kier alpha value is -2.95. The predicted molar refractivity (Wildman–Crippen MR) is 115 cm³/mol. The van der Waals surface area contributed by atoms with E-state index in [4.69, 9.17) is 4.42 Å². The van der Waals surface area contributed by atoms with Crippen molar-refractivity contribution >= 4 is 38.9 Å². The van der Waals surface area contributed by atoms with Gasteiger partial charge < -0.3 is 14.6 Å². The minimum Gasteiger partial charge on any atom is -0.464 e. The number of furan rings is 1. The zero-order chi connectivity index (χ0) is 21.6. The number of thiophene rings is 1. The Labute approximate surface area is 182 Å². The summed E-state index contributed by atoms with van der Waals surface area (Å²) in [5, 5.41) is 4.53. The molecule has 0 aliphatic carbocycles. The summed E-state index contributed by atoms with van der Waals surface area (Å²) in [5.41, 5.74) is 1.57. The minimum absolute atomic E-state index is 0.210. The van der Waals surface area contributed by atoms with Crippen LogP contribution in [0, 0.1) is 0 Å². The highest BCUT2D eigenvalue weighted by atomic mass is 32.2. The molecule has 2 N–H and O–H groups in total. The van der Waals surface area contributed by atoms with Crippen LogP contribution < -0.4 is 10.0 Å². The number of carbonyl (C=O) groups excluding carboxylic acids is 2. The van der Waals surface area contributed by atoms with E-state index >= 15 is 0 Å². The summed E-state index contributed by atoms with van der Waals surface area (Å²) in [7, 11) is -3.66. The summed E-state index contributed by atoms with van der Waals surface area (Å²) in [4.78, 5) is 27.7. The first kappa shape index (κ1) is 20.0. The average Bonchev–Trinajstić information content (AvgIpc) is 3.46. The molecule has 0 bridgehead atoms. The van der Waals surface area contributed by atoms with Gasteiger partial charge in [0.25, 0.3) is 5.91 Å². The molecule has 0 saturated carbocycles. The Bertz CT molecular complexity index is 1240. The van der Waals surface area contributed by atoms with Gasteiger partial charge in [-0.25, -0.2) is 13.1 Å². The molecule has 10 heteroatoms. The van der Waals surface area contributed by atoms with E-state index in [2.05, 4.69) is 10.0 Å². The summed E-state index contributed by atoms with van der Waals surface area (Å²) in [6, 6.07) is 10.8. The molecule has 8 nitrogen and oxygen atoms in total. The highest BCUT2D eigenvalue weighted by Gasteiger charge is 2.41. The lowest BCUT2D eigenvalue weighted by Crippen LogP contribution is -2.54. The second-order valence-corrected chi connectivity index (χ2v) is 10.4. The van der Waals surface area contributed by atoms with Crippen LogP contribution >= 0.6 is 11.3 Å². The monoisotopic (exact) mass is 457 g/mol. The molecule has 3 aromatic rings. The first-order valence-electron chi connectivity index (χ1n) is 9.78. The van der Waals surface area contributed by atoms with Gasteiger partial charge in [-0.15, -0.1) is 11.3 Å². The highest BCUT2D eigenvalue weighted by molar-refractivity contribution is 7.91. The van der Waals surface area contributed by atoms with Crippen molar-refractivity contribution in [3.8, 4) is 11.3 Å². The van der Waals surface area contributed by atoms with E-state index in [1.165, 1.54) is 11.0 Å². The zero-order valence-electron chi connectivity index (χ0n) is 16.3. The number of amides is 2. The molecule has 31 heavy (non-hydrogen) atoms. The highest BCUT2D eigenvalue weighted by Crippen LogP contribution is 2.32. The van der Waals surface area contributed by atoms with Crippen LogP contribution in [0.4, 0.5) is 5.69 Å². The molecule has 1 saturated heterocycles. The van der Waals surface area contributed by atoms with E-state index in [1.54, 1.807) is 48.0 Å². The Morgan fingerprint density at radius 2 is 2.03 bits per heavy atom. The van der Waals surface area contributed by atoms with Crippen LogP contribution in [0.1, 0.15) is 23.2 Å². The second kappa shape index (κ2) is 7.63. The molecule has 0 radical (unpaired) electrons. The Morgan fingerprint density at radius 3 is 2.77 bits per heavy atom. The van der Waals surface area contributed by atoms with E-state index < -0.39 is 22.1 Å². The molecule has 160 valence electrons. The second-order valence-electron chi connectivity index (χ2n) is 7.52. The fourth-order valence-electron chi connectivity index (χ4n) is 4.05. The lowest BCUT2D eigenvalue weighted by atomic mass is 9.97. The first-order valence-corrected chi connectivity index (χ1v) is 12.1. The average molecular weight is 458 g/mol. The number of hydrogen-bond acceptors (Lipinski definition) is 6. The fourth-order valence-corrected chi connectivity index (χ4v) is 6.35. The third-order valence-electron chi connectivity index (χ3n) is 5.56. The lowest BCUT2D eigenvalue weighted by Gasteiger charge is -2.37. The molecule has 0 spiro atoms. The SMILES string of the molecule is O=C1Nc2ccc(-c3ccco3)cc2C(=O)N2CC[C@H](NS(=O)(=O)c3cccs3)C[C@@H]12. The minimum atomic E-state index is -3.66. The number of benzene rings is 1. The van der Waals surface area contributed by atoms with Crippen LogP contribution in [0.2, 0.25) is 0 Å². The first-order chi connectivity index (χ1) is 14.9. The van der Waals surface area contributed by atoms with Gasteiger partial charge in [-0.05, 0) is 54.6 Å². The predicted octanol–water partition coefficient (Wildman–Crippen LogP) is 2.91. The molecule has 2 aliphatic heterocycles. The van der Waals surface area contributed by atoms with E-state index in [0.29, 0.717) is 23.4 Å². The molecule has 1 aromatic carbocycles. The lowest BCUT2D eigenvalue weighted by molar-refractivity contribution is -0.121. The van der Waals surface area contributed by atoms with Gasteiger partial charge in [0, 0.05) is 18.2 Å². The van der Waals surface area contributed by atoms with Gasteiger partial charge in [0.1, 0.15) is 16.0 Å². The summed E-state index contributed by atoms with van der Waals surface area (Å²) in [6.45, 7) is 0.277. The number of anilines is 1. The van der Waals surface area contributed by atoms with Gasteiger partial charge in [0.2, 0.25) is 15.9 Å². The van der Waals surface area contributed by atoms with E-state index in [1.807, 2.05) is 0 Å². The topological polar surface area (TPSA) is 109 Å². The van der Waals surface area contributed by atoms with Gasteiger partial charge in [0.05, 0.1) is 17.5 Å². The number of sulfonamides is 1. The van der Waals surface area contributed by atoms with E-state index in [-0.39, 0.29) is 29.0 Å². The smallest absolute Gasteiger partial charge is 0.256 e. The van der Waals surface area contributed by atoms with Crippen molar-refractivity contribution in [3.63, 3.8) is 0 Å². The Balaban J connectivity index is 1.40. The normalized spacial score (nSPS) is 21.2. The van der Waals surface area contributed by atoms with Crippen LogP contribution in [0.25, 0.3) is 11.3 Å². The molecule has 2 aliphatic rings. The van der Waals surface area contributed by atoms with E-state index in [9.17, 15) is 18.0 Å². The maximum Gasteiger partial charge on any atom is 0.256 e. The molecule has 0 unspecified atom stereocenters. The Morgan fingerprint density at radius 1 is 1.16 bits per heavy atom. The summed E-state index contributed by atoms with van der Waals surface area (Å²) in [6.07, 6.45) is 2.19. The van der Waals surface area contributed by atoms with Gasteiger partial charge in [-0.1, -0.05) is 6.07 Å². The van der Waals surface area contributed by atoms with E-state index in [0.717, 1.165) is 16.9 Å². The molecular formula is C21H19N3O5S2. The largest absolute Gasteiger partial charge is 0.464 e. The van der Waals surface area contributed by atoms with Crippen molar-refractivity contribution in [2.45, 2.75) is 29.1 Å². The van der Waals surface area contributed by atoms with Crippen LogP contribution in [0.5, 0.6) is 0 Å². The summed E-state index contributed by atoms with van der Waals surface area (Å²) >= 11 is 1.14. The van der Waals surface area contributed by atoms with Gasteiger partial charge in [-0.2, -0.15) is 0 Å². The molecule has 5 rings (SSSR count). The molecular weight excluding hydrogens is 438 g/mol. The third kappa shape index (κ3) is 3.67. The van der Waals surface area contributed by atoms with Crippen LogP contribution in [0.15, 0.2) is 62.7 Å². The maximum atomic E-state index is 13.3. The van der Waals surface area contributed by atoms with Crippen LogP contribution in [-0.2, 0) is 14.8 Å². The standard InChI is InChI=1S/C21H19N3O5S2/c25-20-17-12-14(23-31(27,28)19-4-2-10-30-19)7-8-24(17)21(26)15-11-13(5-6-16(15)22-20)18-3-1-9-29-18/h1-6,9-11,14,17,23H,7-8,12H2,(H,22,25)/t14-,17-/m0/s1. The number of carbonyl (C=O) groups is 2. The summed E-state index contributed by atoms with van der Waals surface area (Å²) < 4.78 is 33.5. The molecule has 2 amide bonds. The number of nitrogens with zero attached hydrogens (tertiary/aromatic N) is 1. The van der Waals surface area contributed by atoms with Gasteiger partial charge in [-0.3, -0.25) is 9.59 Å². The van der Waals surface area contributed by atoms with Crippen molar-refractivity contribution in [3.05, 3.63) is 59.7 Å². The molecule has 2 atom stereocenters. The maximum absolute atomic E-state index is 13.3. The summed E-state index contributed by atoms with van der Waals surface area (Å²) in [5.74, 6) is 0.0496. The van der Waals surface area contributed by atoms with Crippen LogP contribution in [-0.4, -0.2) is 43.8 Å². The number of nitrogens with one attached hydrogen (secondary N) is 2. The Kier molecular flexibility index (Phi) is 4.92. The van der Waals surface area contributed by atoms with Gasteiger partial charge >= 0.3 is 0 Å². The van der Waals surface area contributed by atoms with Crippen molar-refractivity contribution in [1.82, 2.24) is 9.62 Å². The molecule has 1 fully saturated rings. The molecule has 4 heterocycles. The fraction of sp³-hybridized carbons (Fsp3) is 0.238. The number of rotatable bonds is 4. The van der Waals surface area contributed by atoms with Crippen molar-refractivity contribution < 1.29 is 22.4 Å². The van der Waals surface area contributed by atoms with Crippen molar-refractivity contribution in [2.75, 3.05) is 11.9 Å². The number of piperidine rings is 1. The number of fused-ring (bicyclic) bond motifs is 2. The zero-order valence-corrected chi connectivity index (χ0v) is 17.9. The van der Waals surface area contributed by atoms with Crippen LogP contribution in [0.3, 0.4) is 0 Å². The van der Waals surface area contributed by atoms with Crippen molar-refractivity contribution in [2.24, 2.45) is 0 Å².